The molecule has 30 heavy (non-hydrogen) atoms. The molecule has 0 saturated heterocycles. The lowest BCUT2D eigenvalue weighted by Crippen LogP contribution is -2.38. The molecule has 0 aliphatic heterocycles. The van der Waals surface area contributed by atoms with Gasteiger partial charge in [0.1, 0.15) is 5.75 Å². The number of amides is 1. The number of hydrogen-bond donors (Lipinski definition) is 0. The van der Waals surface area contributed by atoms with E-state index in [1.807, 2.05) is 16.7 Å². The molecule has 1 amide bonds. The van der Waals surface area contributed by atoms with Gasteiger partial charge in [0.25, 0.3) is 5.91 Å². The molecule has 0 saturated carbocycles. The lowest BCUT2D eigenvalue weighted by molar-refractivity contribution is -0.130. The van der Waals surface area contributed by atoms with Crippen LogP contribution in [0.2, 0.25) is 5.02 Å². The number of allylic oxidation sites excluding steroid dienone is 1. The molecule has 0 radical (unpaired) electrons. The third-order valence-electron chi connectivity index (χ3n) is 4.40. The Bertz CT molecular complexity index is 1150. The predicted octanol–water partition coefficient (Wildman–Crippen LogP) is 4.84. The minimum Gasteiger partial charge on any atom is -0.493 e. The van der Waals surface area contributed by atoms with Crippen molar-refractivity contribution in [2.75, 3.05) is 14.2 Å². The molecule has 3 rings (SSSR count). The number of carbonyl (C=O) groups excluding carboxylic acids is 1. The van der Waals surface area contributed by atoms with Gasteiger partial charge < -0.3 is 18.8 Å². The Hall–Kier alpha value is -2.77. The van der Waals surface area contributed by atoms with Gasteiger partial charge in [0, 0.05) is 23.7 Å². The summed E-state index contributed by atoms with van der Waals surface area (Å²) in [5.41, 5.74) is -0.286. The number of nitrogens with zero attached hydrogens (tertiary/aromatic N) is 2. The second-order valence-electron chi connectivity index (χ2n) is 6.94. The van der Waals surface area contributed by atoms with Crippen LogP contribution < -0.4 is 19.0 Å². The smallest absolute Gasteiger partial charge is 0.291 e. The number of ether oxygens (including phenoxy) is 3. The lowest BCUT2D eigenvalue weighted by Gasteiger charge is -2.22. The van der Waals surface area contributed by atoms with Crippen LogP contribution in [0.4, 0.5) is 0 Å². The minimum absolute atomic E-state index is 0.402. The van der Waals surface area contributed by atoms with Crippen molar-refractivity contribution in [3.8, 4) is 17.2 Å². The van der Waals surface area contributed by atoms with Crippen LogP contribution in [0.25, 0.3) is 10.2 Å². The van der Waals surface area contributed by atoms with Crippen LogP contribution in [0.1, 0.15) is 13.8 Å². The highest BCUT2D eigenvalue weighted by atomic mass is 35.5. The van der Waals surface area contributed by atoms with Crippen molar-refractivity contribution in [1.82, 2.24) is 4.57 Å². The van der Waals surface area contributed by atoms with E-state index in [-0.39, 0.29) is 0 Å². The molecule has 1 heterocycles. The van der Waals surface area contributed by atoms with Crippen molar-refractivity contribution in [3.63, 3.8) is 0 Å². The molecule has 0 atom stereocenters. The Morgan fingerprint density at radius 3 is 2.43 bits per heavy atom. The zero-order chi connectivity index (χ0) is 21.9. The highest BCUT2D eigenvalue weighted by Crippen LogP contribution is 2.33. The largest absolute Gasteiger partial charge is 0.493 e. The van der Waals surface area contributed by atoms with Gasteiger partial charge in [-0.15, -0.1) is 6.58 Å². The molecule has 1 aromatic heterocycles. The second kappa shape index (κ2) is 8.93. The van der Waals surface area contributed by atoms with Crippen LogP contribution in [0, 0.1) is 0 Å². The Balaban J connectivity index is 2.04. The monoisotopic (exact) mass is 446 g/mol. The van der Waals surface area contributed by atoms with Crippen LogP contribution in [0.5, 0.6) is 17.2 Å². The Labute approximate surface area is 184 Å². The highest BCUT2D eigenvalue weighted by molar-refractivity contribution is 7.16. The van der Waals surface area contributed by atoms with Gasteiger partial charge in [-0.25, -0.2) is 0 Å². The molecule has 0 spiro atoms. The van der Waals surface area contributed by atoms with Gasteiger partial charge in [-0.2, -0.15) is 4.99 Å². The molecular formula is C22H23ClN2O4S. The molecule has 0 fully saturated rings. The van der Waals surface area contributed by atoms with Crippen LogP contribution in [0.15, 0.2) is 54.0 Å². The van der Waals surface area contributed by atoms with Gasteiger partial charge in [-0.3, -0.25) is 4.79 Å². The number of fused-ring (bicyclic) bond motifs is 1. The summed E-state index contributed by atoms with van der Waals surface area (Å²) >= 11 is 7.30. The maximum absolute atomic E-state index is 13.0. The number of carbonyl (C=O) groups is 1. The van der Waals surface area contributed by atoms with Crippen molar-refractivity contribution in [2.45, 2.75) is 26.0 Å². The van der Waals surface area contributed by atoms with Crippen molar-refractivity contribution >= 4 is 39.1 Å². The summed E-state index contributed by atoms with van der Waals surface area (Å²) in [6.45, 7) is 7.67. The third kappa shape index (κ3) is 4.52. The van der Waals surface area contributed by atoms with Crippen LogP contribution >= 0.6 is 22.9 Å². The Morgan fingerprint density at radius 2 is 1.83 bits per heavy atom. The summed E-state index contributed by atoms with van der Waals surface area (Å²) in [7, 11) is 3.17. The fourth-order valence-corrected chi connectivity index (χ4v) is 4.02. The fourth-order valence-electron chi connectivity index (χ4n) is 2.85. The topological polar surface area (TPSA) is 62.1 Å². The van der Waals surface area contributed by atoms with Gasteiger partial charge in [0.05, 0.1) is 24.4 Å². The van der Waals surface area contributed by atoms with Gasteiger partial charge in [-0.05, 0) is 38.1 Å². The number of thiazole rings is 1. The number of hydrogen-bond acceptors (Lipinski definition) is 5. The van der Waals surface area contributed by atoms with E-state index in [4.69, 9.17) is 25.8 Å². The molecule has 8 heteroatoms. The second-order valence-corrected chi connectivity index (χ2v) is 8.39. The van der Waals surface area contributed by atoms with Crippen LogP contribution in [-0.2, 0) is 11.3 Å². The fraction of sp³-hybridized carbons (Fsp3) is 0.273. The summed E-state index contributed by atoms with van der Waals surface area (Å²) in [6, 6.07) is 10.6. The molecule has 0 aliphatic carbocycles. The number of rotatable bonds is 7. The van der Waals surface area contributed by atoms with E-state index in [0.29, 0.717) is 33.6 Å². The predicted molar refractivity (Wildman–Crippen MR) is 120 cm³/mol. The molecule has 0 aliphatic rings. The zero-order valence-corrected chi connectivity index (χ0v) is 18.8. The average molecular weight is 447 g/mol. The average Bonchev–Trinajstić information content (AvgIpc) is 3.04. The van der Waals surface area contributed by atoms with Crippen molar-refractivity contribution in [3.05, 3.63) is 58.9 Å². The van der Waals surface area contributed by atoms with E-state index < -0.39 is 11.5 Å². The summed E-state index contributed by atoms with van der Waals surface area (Å²) in [6.07, 6.45) is 1.75. The van der Waals surface area contributed by atoms with Crippen molar-refractivity contribution in [2.24, 2.45) is 4.99 Å². The van der Waals surface area contributed by atoms with Crippen molar-refractivity contribution < 1.29 is 19.0 Å². The van der Waals surface area contributed by atoms with Gasteiger partial charge in [0.2, 0.25) is 0 Å². The molecule has 6 nitrogen and oxygen atoms in total. The highest BCUT2D eigenvalue weighted by Gasteiger charge is 2.30. The molecule has 2 aromatic carbocycles. The minimum atomic E-state index is -1.16. The van der Waals surface area contributed by atoms with Gasteiger partial charge in [-0.1, -0.05) is 29.0 Å². The maximum atomic E-state index is 13.0. The van der Waals surface area contributed by atoms with E-state index in [1.165, 1.54) is 11.3 Å². The first-order valence-electron chi connectivity index (χ1n) is 9.19. The number of halogens is 1. The summed E-state index contributed by atoms with van der Waals surface area (Å²) in [5, 5.41) is 0.595. The number of aromatic nitrogens is 1. The third-order valence-corrected chi connectivity index (χ3v) is 5.69. The van der Waals surface area contributed by atoms with Gasteiger partial charge >= 0.3 is 0 Å². The first kappa shape index (κ1) is 21.9. The molecule has 0 unspecified atom stereocenters. The maximum Gasteiger partial charge on any atom is 0.291 e. The number of methoxy groups -OCH3 is 2. The van der Waals surface area contributed by atoms with Crippen molar-refractivity contribution in [1.29, 1.82) is 0 Å². The number of benzene rings is 2. The molecule has 3 aromatic rings. The summed E-state index contributed by atoms with van der Waals surface area (Å²) in [5.74, 6) is 1.35. The van der Waals surface area contributed by atoms with E-state index in [0.717, 1.165) is 10.2 Å². The quantitative estimate of drug-likeness (QED) is 0.487. The SMILES string of the molecule is C=CCn1c(=NC(=O)C(C)(C)Oc2ccc(Cl)cc2)sc2cc(OC)c(OC)cc21. The van der Waals surface area contributed by atoms with E-state index >= 15 is 0 Å². The van der Waals surface area contributed by atoms with E-state index in [9.17, 15) is 4.79 Å². The van der Waals surface area contributed by atoms with Crippen LogP contribution in [0.3, 0.4) is 0 Å². The molecular weight excluding hydrogens is 424 g/mol. The summed E-state index contributed by atoms with van der Waals surface area (Å²) in [4.78, 5) is 17.9. The molecule has 158 valence electrons. The molecule has 0 N–H and O–H groups in total. The van der Waals surface area contributed by atoms with E-state index in [1.54, 1.807) is 58.4 Å². The zero-order valence-electron chi connectivity index (χ0n) is 17.3. The summed E-state index contributed by atoms with van der Waals surface area (Å²) < 4.78 is 19.5. The Kier molecular flexibility index (Phi) is 6.53. The van der Waals surface area contributed by atoms with Crippen LogP contribution in [-0.4, -0.2) is 30.3 Å². The first-order chi connectivity index (χ1) is 14.3. The van der Waals surface area contributed by atoms with E-state index in [2.05, 4.69) is 11.6 Å². The normalized spacial score (nSPS) is 12.1. The Morgan fingerprint density at radius 1 is 1.20 bits per heavy atom. The standard InChI is InChI=1S/C22H23ClN2O4S/c1-6-11-25-16-12-17(27-4)18(28-5)13-19(16)30-21(25)24-20(26)22(2,3)29-15-9-7-14(23)8-10-15/h6-10,12-13H,1,11H2,2-5H3. The lowest BCUT2D eigenvalue weighted by atomic mass is 10.1. The molecule has 0 bridgehead atoms. The van der Waals surface area contributed by atoms with Gasteiger partial charge in [0.15, 0.2) is 21.9 Å². The first-order valence-corrected chi connectivity index (χ1v) is 10.4.